The number of amides is 1. The molecule has 17 heavy (non-hydrogen) atoms. The number of hydrogen-bond acceptors (Lipinski definition) is 4. The highest BCUT2D eigenvalue weighted by Gasteiger charge is 2.23. The molecule has 0 aromatic carbocycles. The van der Waals surface area contributed by atoms with Gasteiger partial charge in [0.1, 0.15) is 0 Å². The molecule has 1 N–H and O–H groups in total. The molecule has 0 aliphatic carbocycles. The second-order valence-corrected chi connectivity index (χ2v) is 4.13. The van der Waals surface area contributed by atoms with Crippen molar-refractivity contribution in [2.75, 3.05) is 20.2 Å². The van der Waals surface area contributed by atoms with E-state index in [1.165, 1.54) is 7.11 Å². The van der Waals surface area contributed by atoms with E-state index in [4.69, 9.17) is 4.74 Å². The first kappa shape index (κ1) is 11.9. The molecule has 0 unspecified atom stereocenters. The Kier molecular flexibility index (Phi) is 3.58. The molecule has 2 rings (SSSR count). The molecule has 1 aliphatic rings. The summed E-state index contributed by atoms with van der Waals surface area (Å²) in [5.41, 5.74) is 0.547. The highest BCUT2D eigenvalue weighted by atomic mass is 16.5. The maximum Gasteiger partial charge on any atom is 0.254 e. The minimum absolute atomic E-state index is 0.0792. The molecule has 0 spiro atoms. The number of aliphatic hydroxyl groups is 1. The van der Waals surface area contributed by atoms with Gasteiger partial charge in [0.25, 0.3) is 5.91 Å². The molecule has 5 nitrogen and oxygen atoms in total. The maximum atomic E-state index is 12.1. The van der Waals surface area contributed by atoms with Crippen molar-refractivity contribution < 1.29 is 14.6 Å². The fourth-order valence-electron chi connectivity index (χ4n) is 1.98. The number of ether oxygens (including phenoxy) is 1. The molecule has 1 aliphatic heterocycles. The van der Waals surface area contributed by atoms with Crippen molar-refractivity contribution in [2.24, 2.45) is 0 Å². The van der Waals surface area contributed by atoms with E-state index in [-0.39, 0.29) is 5.91 Å². The Hall–Kier alpha value is -1.62. The van der Waals surface area contributed by atoms with Gasteiger partial charge in [-0.25, -0.2) is 4.98 Å². The zero-order valence-corrected chi connectivity index (χ0v) is 9.80. The summed E-state index contributed by atoms with van der Waals surface area (Å²) in [6.07, 6.45) is 2.75. The molecule has 0 saturated carbocycles. The first-order valence-corrected chi connectivity index (χ1v) is 5.68. The van der Waals surface area contributed by atoms with Crippen molar-refractivity contribution in [1.82, 2.24) is 9.88 Å². The van der Waals surface area contributed by atoms with Crippen molar-refractivity contribution in [2.45, 2.75) is 18.9 Å². The molecular formula is C12H16N2O3. The Labute approximate surface area is 100 Å². The highest BCUT2D eigenvalue weighted by Crippen LogP contribution is 2.15. The largest absolute Gasteiger partial charge is 0.481 e. The van der Waals surface area contributed by atoms with E-state index in [1.807, 2.05) is 0 Å². The maximum absolute atomic E-state index is 12.1. The van der Waals surface area contributed by atoms with Gasteiger partial charge in [-0.3, -0.25) is 4.79 Å². The summed E-state index contributed by atoms with van der Waals surface area (Å²) in [5.74, 6) is 0.345. The zero-order valence-electron chi connectivity index (χ0n) is 9.80. The summed E-state index contributed by atoms with van der Waals surface area (Å²) in [7, 11) is 1.52. The number of hydrogen-bond donors (Lipinski definition) is 1. The molecule has 1 saturated heterocycles. The van der Waals surface area contributed by atoms with Crippen molar-refractivity contribution in [3.05, 3.63) is 23.9 Å². The van der Waals surface area contributed by atoms with Crippen LogP contribution in [-0.4, -0.2) is 47.2 Å². The van der Waals surface area contributed by atoms with Crippen molar-refractivity contribution in [3.8, 4) is 5.88 Å². The van der Waals surface area contributed by atoms with Crippen LogP contribution in [0.1, 0.15) is 23.2 Å². The van der Waals surface area contributed by atoms with Gasteiger partial charge in [-0.05, 0) is 18.9 Å². The van der Waals surface area contributed by atoms with Gasteiger partial charge in [0.15, 0.2) is 0 Å². The predicted molar refractivity (Wildman–Crippen MR) is 61.9 cm³/mol. The van der Waals surface area contributed by atoms with E-state index in [9.17, 15) is 9.90 Å². The third-order valence-corrected chi connectivity index (χ3v) is 2.87. The van der Waals surface area contributed by atoms with E-state index in [0.29, 0.717) is 24.5 Å². The van der Waals surface area contributed by atoms with E-state index in [2.05, 4.69) is 4.98 Å². The fourth-order valence-corrected chi connectivity index (χ4v) is 1.98. The van der Waals surface area contributed by atoms with Gasteiger partial charge in [0.05, 0.1) is 13.2 Å². The van der Waals surface area contributed by atoms with Crippen molar-refractivity contribution in [1.29, 1.82) is 0 Å². The Morgan fingerprint density at radius 2 is 2.47 bits per heavy atom. The number of β-amino-alcohol motifs (C(OH)–C–C–N with tert-alkyl or cyclic N) is 1. The molecule has 1 fully saturated rings. The SMILES string of the molecule is COc1cc(C(=O)N2CCC[C@@H](O)C2)ccn1. The van der Waals surface area contributed by atoms with Crippen LogP contribution in [-0.2, 0) is 0 Å². The van der Waals surface area contributed by atoms with Crippen molar-refractivity contribution >= 4 is 5.91 Å². The molecule has 1 atom stereocenters. The lowest BCUT2D eigenvalue weighted by molar-refractivity contribution is 0.0473. The number of carbonyl (C=O) groups excluding carboxylic acids is 1. The number of carbonyl (C=O) groups is 1. The van der Waals surface area contributed by atoms with Gasteiger partial charge in [-0.15, -0.1) is 0 Å². The first-order valence-electron chi connectivity index (χ1n) is 5.68. The van der Waals surface area contributed by atoms with Crippen LogP contribution in [0.3, 0.4) is 0 Å². The van der Waals surface area contributed by atoms with Crippen LogP contribution in [0, 0.1) is 0 Å². The number of methoxy groups -OCH3 is 1. The number of likely N-dealkylation sites (tertiary alicyclic amines) is 1. The summed E-state index contributed by atoms with van der Waals surface area (Å²) < 4.78 is 4.98. The van der Waals surface area contributed by atoms with Gasteiger partial charge in [-0.1, -0.05) is 0 Å². The number of rotatable bonds is 2. The summed E-state index contributed by atoms with van der Waals surface area (Å²) in [4.78, 5) is 17.8. The van der Waals surface area contributed by atoms with E-state index < -0.39 is 6.10 Å². The van der Waals surface area contributed by atoms with Crippen LogP contribution < -0.4 is 4.74 Å². The second-order valence-electron chi connectivity index (χ2n) is 4.13. The van der Waals surface area contributed by atoms with Crippen LogP contribution in [0.5, 0.6) is 5.88 Å². The van der Waals surface area contributed by atoms with Crippen LogP contribution in [0.25, 0.3) is 0 Å². The number of pyridine rings is 1. The number of aliphatic hydroxyl groups excluding tert-OH is 1. The van der Waals surface area contributed by atoms with Crippen LogP contribution in [0.2, 0.25) is 0 Å². The Bertz CT molecular complexity index is 408. The van der Waals surface area contributed by atoms with Gasteiger partial charge >= 0.3 is 0 Å². The smallest absolute Gasteiger partial charge is 0.254 e. The molecule has 92 valence electrons. The monoisotopic (exact) mass is 236 g/mol. The topological polar surface area (TPSA) is 62.7 Å². The second kappa shape index (κ2) is 5.14. The standard InChI is InChI=1S/C12H16N2O3/c1-17-11-7-9(4-5-13-11)12(16)14-6-2-3-10(15)8-14/h4-5,7,10,15H,2-3,6,8H2,1H3/t10-/m1/s1. The zero-order chi connectivity index (χ0) is 12.3. The molecule has 1 amide bonds. The third-order valence-electron chi connectivity index (χ3n) is 2.87. The Balaban J connectivity index is 2.12. The molecule has 1 aromatic heterocycles. The third kappa shape index (κ3) is 2.74. The Morgan fingerprint density at radius 3 is 3.18 bits per heavy atom. The van der Waals surface area contributed by atoms with E-state index in [0.717, 1.165) is 12.8 Å². The number of nitrogens with zero attached hydrogens (tertiary/aromatic N) is 2. The van der Waals surface area contributed by atoms with Crippen LogP contribution in [0.15, 0.2) is 18.3 Å². The normalized spacial score (nSPS) is 20.1. The van der Waals surface area contributed by atoms with Crippen molar-refractivity contribution in [3.63, 3.8) is 0 Å². The molecule has 5 heteroatoms. The number of aromatic nitrogens is 1. The lowest BCUT2D eigenvalue weighted by atomic mass is 10.1. The summed E-state index contributed by atoms with van der Waals surface area (Å²) in [5, 5.41) is 9.55. The minimum Gasteiger partial charge on any atom is -0.481 e. The molecule has 0 bridgehead atoms. The van der Waals surface area contributed by atoms with Gasteiger partial charge in [0.2, 0.25) is 5.88 Å². The average molecular weight is 236 g/mol. The summed E-state index contributed by atoms with van der Waals surface area (Å²) in [6, 6.07) is 3.27. The molecule has 1 aromatic rings. The van der Waals surface area contributed by atoms with Gasteiger partial charge < -0.3 is 14.7 Å². The predicted octanol–water partition coefficient (Wildman–Crippen LogP) is 0.687. The van der Waals surface area contributed by atoms with Crippen LogP contribution >= 0.6 is 0 Å². The number of piperidine rings is 1. The highest BCUT2D eigenvalue weighted by molar-refractivity contribution is 5.94. The molecular weight excluding hydrogens is 220 g/mol. The average Bonchev–Trinajstić information content (AvgIpc) is 2.38. The minimum atomic E-state index is -0.406. The lowest BCUT2D eigenvalue weighted by Crippen LogP contribution is -2.42. The first-order chi connectivity index (χ1) is 8.20. The quantitative estimate of drug-likeness (QED) is 0.820. The summed E-state index contributed by atoms with van der Waals surface area (Å²) >= 11 is 0. The fraction of sp³-hybridized carbons (Fsp3) is 0.500. The summed E-state index contributed by atoms with van der Waals surface area (Å²) in [6.45, 7) is 1.10. The lowest BCUT2D eigenvalue weighted by Gasteiger charge is -2.30. The van der Waals surface area contributed by atoms with Gasteiger partial charge in [-0.2, -0.15) is 0 Å². The van der Waals surface area contributed by atoms with E-state index in [1.54, 1.807) is 23.2 Å². The molecule has 0 radical (unpaired) electrons. The van der Waals surface area contributed by atoms with Gasteiger partial charge in [0, 0.05) is 30.9 Å². The van der Waals surface area contributed by atoms with Crippen LogP contribution in [0.4, 0.5) is 0 Å². The Morgan fingerprint density at radius 1 is 1.65 bits per heavy atom. The molecule has 2 heterocycles. The van der Waals surface area contributed by atoms with E-state index >= 15 is 0 Å².